The van der Waals surface area contributed by atoms with Crippen molar-refractivity contribution in [3.05, 3.63) is 0 Å². The highest BCUT2D eigenvalue weighted by atomic mass is 16.5. The number of carboxylic acids is 1. The van der Waals surface area contributed by atoms with Crippen LogP contribution in [0, 0.1) is 0 Å². The maximum absolute atomic E-state index is 12.0. The first kappa shape index (κ1) is 17.4. The van der Waals surface area contributed by atoms with Crippen LogP contribution in [-0.4, -0.2) is 72.1 Å². The molecule has 0 spiro atoms. The predicted molar refractivity (Wildman–Crippen MR) is 75.7 cm³/mol. The molecule has 1 saturated heterocycles. The van der Waals surface area contributed by atoms with E-state index in [9.17, 15) is 14.4 Å². The van der Waals surface area contributed by atoms with E-state index in [0.717, 1.165) is 12.8 Å². The third-order valence-corrected chi connectivity index (χ3v) is 3.72. The highest BCUT2D eigenvalue weighted by Crippen LogP contribution is 2.17. The molecule has 0 aromatic rings. The van der Waals surface area contributed by atoms with Gasteiger partial charge in [0.25, 0.3) is 0 Å². The van der Waals surface area contributed by atoms with Crippen LogP contribution in [0.15, 0.2) is 0 Å². The van der Waals surface area contributed by atoms with Crippen molar-refractivity contribution in [2.24, 2.45) is 0 Å². The van der Waals surface area contributed by atoms with Crippen molar-refractivity contribution in [3.8, 4) is 0 Å². The monoisotopic (exact) mass is 300 g/mol. The normalized spacial score (nSPS) is 19.0. The van der Waals surface area contributed by atoms with Crippen LogP contribution >= 0.6 is 0 Å². The van der Waals surface area contributed by atoms with E-state index in [0.29, 0.717) is 32.5 Å². The molecule has 7 heteroatoms. The summed E-state index contributed by atoms with van der Waals surface area (Å²) < 4.78 is 4.90. The Kier molecular flexibility index (Phi) is 7.14. The minimum atomic E-state index is -1.01. The van der Waals surface area contributed by atoms with Crippen LogP contribution in [0.5, 0.6) is 0 Å². The van der Waals surface area contributed by atoms with Gasteiger partial charge in [-0.1, -0.05) is 0 Å². The maximum atomic E-state index is 12.0. The summed E-state index contributed by atoms with van der Waals surface area (Å²) in [6.45, 7) is 2.71. The number of carbonyl (C=O) groups is 3. The zero-order valence-electron chi connectivity index (χ0n) is 12.7. The topological polar surface area (TPSA) is 87.2 Å². The molecule has 0 aromatic carbocycles. The molecule has 0 aromatic heterocycles. The molecule has 120 valence electrons. The average molecular weight is 300 g/mol. The number of methoxy groups -OCH3 is 1. The summed E-state index contributed by atoms with van der Waals surface area (Å²) in [4.78, 5) is 37.6. The van der Waals surface area contributed by atoms with Gasteiger partial charge in [0.2, 0.25) is 11.8 Å². The van der Waals surface area contributed by atoms with E-state index >= 15 is 0 Å². The first-order chi connectivity index (χ1) is 9.95. The number of carboxylic acid groups (broad SMARTS) is 1. The highest BCUT2D eigenvalue weighted by Gasteiger charge is 2.27. The quantitative estimate of drug-likeness (QED) is 0.764. The van der Waals surface area contributed by atoms with Crippen molar-refractivity contribution < 1.29 is 24.2 Å². The number of nitrogens with zero attached hydrogens (tertiary/aromatic N) is 2. The number of aliphatic carboxylic acids is 1. The second-order valence-corrected chi connectivity index (χ2v) is 5.25. The van der Waals surface area contributed by atoms with E-state index in [1.54, 1.807) is 12.0 Å². The van der Waals surface area contributed by atoms with Crippen LogP contribution in [0.3, 0.4) is 0 Å². The second-order valence-electron chi connectivity index (χ2n) is 5.25. The van der Waals surface area contributed by atoms with Crippen LogP contribution in [0.25, 0.3) is 0 Å². The number of rotatable bonds is 6. The third-order valence-electron chi connectivity index (χ3n) is 3.72. The van der Waals surface area contributed by atoms with Crippen molar-refractivity contribution >= 4 is 17.8 Å². The van der Waals surface area contributed by atoms with Gasteiger partial charge in [0.05, 0.1) is 13.0 Å². The first-order valence-electron chi connectivity index (χ1n) is 7.21. The van der Waals surface area contributed by atoms with E-state index in [-0.39, 0.29) is 24.4 Å². The summed E-state index contributed by atoms with van der Waals surface area (Å²) in [5.41, 5.74) is 0. The minimum absolute atomic E-state index is 0.0464. The number of hydrogen-bond acceptors (Lipinski definition) is 4. The summed E-state index contributed by atoms with van der Waals surface area (Å²) >= 11 is 0. The molecule has 1 unspecified atom stereocenters. The molecular weight excluding hydrogens is 276 g/mol. The molecule has 0 saturated carbocycles. The van der Waals surface area contributed by atoms with Crippen LogP contribution in [0.1, 0.15) is 32.6 Å². The Bertz CT molecular complexity index is 386. The van der Waals surface area contributed by atoms with Gasteiger partial charge in [0, 0.05) is 33.2 Å². The Morgan fingerprint density at radius 1 is 1.29 bits per heavy atom. The molecule has 1 fully saturated rings. The van der Waals surface area contributed by atoms with Crippen LogP contribution in [-0.2, 0) is 19.1 Å². The van der Waals surface area contributed by atoms with E-state index in [1.165, 1.54) is 11.8 Å². The van der Waals surface area contributed by atoms with Gasteiger partial charge >= 0.3 is 5.97 Å². The lowest BCUT2D eigenvalue weighted by Gasteiger charge is -2.28. The SMILES string of the molecule is COCCC(=O)N1CCCC(N(CC(=O)O)C(C)=O)CC1. The van der Waals surface area contributed by atoms with Gasteiger partial charge in [0.1, 0.15) is 6.54 Å². The number of carbonyl (C=O) groups excluding carboxylic acids is 2. The Hall–Kier alpha value is -1.63. The zero-order valence-corrected chi connectivity index (χ0v) is 12.7. The molecule has 1 aliphatic heterocycles. The summed E-state index contributed by atoms with van der Waals surface area (Å²) in [7, 11) is 1.56. The predicted octanol–water partition coefficient (Wildman–Crippen LogP) is 0.337. The molecular formula is C14H24N2O5. The summed E-state index contributed by atoms with van der Waals surface area (Å²) in [5, 5.41) is 8.90. The van der Waals surface area contributed by atoms with Crippen LogP contribution in [0.2, 0.25) is 0 Å². The molecule has 2 amide bonds. The summed E-state index contributed by atoms with van der Waals surface area (Å²) in [5.74, 6) is -1.20. The lowest BCUT2D eigenvalue weighted by molar-refractivity contribution is -0.145. The number of likely N-dealkylation sites (tertiary alicyclic amines) is 1. The fraction of sp³-hybridized carbons (Fsp3) is 0.786. The Balaban J connectivity index is 2.59. The van der Waals surface area contributed by atoms with Crippen molar-refractivity contribution in [1.82, 2.24) is 9.80 Å². The maximum Gasteiger partial charge on any atom is 0.323 e. The van der Waals surface area contributed by atoms with Crippen LogP contribution < -0.4 is 0 Å². The summed E-state index contributed by atoms with van der Waals surface area (Å²) in [6, 6.07) is -0.112. The standard InChI is InChI=1S/C14H24N2O5/c1-11(17)16(10-14(19)20)12-4-3-7-15(8-5-12)13(18)6-9-21-2/h12H,3-10H2,1-2H3,(H,19,20). The molecule has 1 rings (SSSR count). The van der Waals surface area contributed by atoms with Gasteiger partial charge in [0.15, 0.2) is 0 Å². The Morgan fingerprint density at radius 2 is 2.00 bits per heavy atom. The third kappa shape index (κ3) is 5.71. The van der Waals surface area contributed by atoms with E-state index in [1.807, 2.05) is 0 Å². The van der Waals surface area contributed by atoms with Crippen LogP contribution in [0.4, 0.5) is 0 Å². The van der Waals surface area contributed by atoms with Crippen molar-refractivity contribution in [3.63, 3.8) is 0 Å². The zero-order chi connectivity index (χ0) is 15.8. The van der Waals surface area contributed by atoms with E-state index in [4.69, 9.17) is 9.84 Å². The molecule has 21 heavy (non-hydrogen) atoms. The minimum Gasteiger partial charge on any atom is -0.480 e. The fourth-order valence-corrected chi connectivity index (χ4v) is 2.63. The van der Waals surface area contributed by atoms with Crippen molar-refractivity contribution in [1.29, 1.82) is 0 Å². The molecule has 1 atom stereocenters. The summed E-state index contributed by atoms with van der Waals surface area (Å²) in [6.07, 6.45) is 2.46. The Labute approximate surface area is 124 Å². The lowest BCUT2D eigenvalue weighted by atomic mass is 10.1. The molecule has 1 heterocycles. The van der Waals surface area contributed by atoms with Gasteiger partial charge in [-0.2, -0.15) is 0 Å². The number of amides is 2. The number of ether oxygens (including phenoxy) is 1. The number of hydrogen-bond donors (Lipinski definition) is 1. The van der Waals surface area contributed by atoms with E-state index < -0.39 is 5.97 Å². The average Bonchev–Trinajstić information content (AvgIpc) is 2.67. The highest BCUT2D eigenvalue weighted by molar-refractivity contribution is 5.80. The molecule has 7 nitrogen and oxygen atoms in total. The fourth-order valence-electron chi connectivity index (χ4n) is 2.63. The van der Waals surface area contributed by atoms with Crippen molar-refractivity contribution in [2.45, 2.75) is 38.6 Å². The van der Waals surface area contributed by atoms with Crippen molar-refractivity contribution in [2.75, 3.05) is 33.4 Å². The van der Waals surface area contributed by atoms with Gasteiger partial charge in [-0.25, -0.2) is 0 Å². The largest absolute Gasteiger partial charge is 0.480 e. The van der Waals surface area contributed by atoms with Gasteiger partial charge < -0.3 is 19.6 Å². The smallest absolute Gasteiger partial charge is 0.323 e. The lowest BCUT2D eigenvalue weighted by Crippen LogP contribution is -2.43. The van der Waals surface area contributed by atoms with Gasteiger partial charge in [-0.3, -0.25) is 14.4 Å². The second kappa shape index (κ2) is 8.61. The molecule has 1 N–H and O–H groups in total. The molecule has 0 aliphatic carbocycles. The van der Waals surface area contributed by atoms with Gasteiger partial charge in [-0.05, 0) is 19.3 Å². The first-order valence-corrected chi connectivity index (χ1v) is 7.21. The van der Waals surface area contributed by atoms with Gasteiger partial charge in [-0.15, -0.1) is 0 Å². The molecule has 0 radical (unpaired) electrons. The Morgan fingerprint density at radius 3 is 2.57 bits per heavy atom. The van der Waals surface area contributed by atoms with E-state index in [2.05, 4.69) is 0 Å². The molecule has 0 bridgehead atoms. The molecule has 1 aliphatic rings.